The lowest BCUT2D eigenvalue weighted by Gasteiger charge is -2.56. The second-order valence-electron chi connectivity index (χ2n) is 12.9. The number of nitrogens with one attached hydrogen (secondary N) is 2. The van der Waals surface area contributed by atoms with E-state index in [0.717, 1.165) is 70.5 Å². The van der Waals surface area contributed by atoms with Crippen molar-refractivity contribution in [2.75, 3.05) is 50.1 Å². The van der Waals surface area contributed by atoms with Gasteiger partial charge in [-0.3, -0.25) is 4.90 Å². The fourth-order valence-electron chi connectivity index (χ4n) is 7.19. The molecule has 3 fully saturated rings. The van der Waals surface area contributed by atoms with Crippen LogP contribution in [0.15, 0.2) is 47.4 Å². The number of nitriles is 1. The first kappa shape index (κ1) is 33.9. The van der Waals surface area contributed by atoms with Gasteiger partial charge in [-0.25, -0.2) is 13.6 Å². The summed E-state index contributed by atoms with van der Waals surface area (Å²) in [5.41, 5.74) is 2.24. The van der Waals surface area contributed by atoms with Gasteiger partial charge in [-0.05, 0) is 74.8 Å². The molecule has 14 heteroatoms. The zero-order chi connectivity index (χ0) is 33.9. The number of benzene rings is 2. The van der Waals surface area contributed by atoms with Crippen LogP contribution < -0.4 is 20.5 Å². The number of aromatic nitrogens is 1. The summed E-state index contributed by atoms with van der Waals surface area (Å²) in [6, 6.07) is 13.6. The molecule has 2 aliphatic heterocycles. The van der Waals surface area contributed by atoms with Crippen LogP contribution in [-0.4, -0.2) is 75.6 Å². The first-order chi connectivity index (χ1) is 22.9. The summed E-state index contributed by atoms with van der Waals surface area (Å²) < 4.78 is 76.8. The van der Waals surface area contributed by atoms with E-state index in [4.69, 9.17) is 19.9 Å². The van der Waals surface area contributed by atoms with Crippen LogP contribution in [0.25, 0.3) is 10.9 Å². The number of nitrogens with two attached hydrogens (primary N) is 1. The molecule has 4 N–H and O–H groups in total. The van der Waals surface area contributed by atoms with Gasteiger partial charge in [0, 0.05) is 60.9 Å². The molecule has 1 aliphatic carbocycles. The number of alkyl halides is 3. The van der Waals surface area contributed by atoms with Gasteiger partial charge in [0.05, 0.1) is 28.3 Å². The van der Waals surface area contributed by atoms with Gasteiger partial charge in [-0.2, -0.15) is 18.4 Å². The highest BCUT2D eigenvalue weighted by Gasteiger charge is 2.46. The van der Waals surface area contributed by atoms with E-state index in [1.54, 1.807) is 18.2 Å². The molecular weight excluding hydrogens is 645 g/mol. The number of nitrogens with zero attached hydrogens (tertiary/aromatic N) is 3. The Hall–Kier alpha value is -3.95. The van der Waals surface area contributed by atoms with Crippen LogP contribution in [0.4, 0.5) is 24.5 Å². The van der Waals surface area contributed by atoms with Gasteiger partial charge in [0.1, 0.15) is 18.4 Å². The average Bonchev–Trinajstić information content (AvgIpc) is 3.38. The van der Waals surface area contributed by atoms with Crippen molar-refractivity contribution in [3.63, 3.8) is 0 Å². The Bertz CT molecular complexity index is 1840. The molecule has 1 saturated carbocycles. The van der Waals surface area contributed by atoms with Gasteiger partial charge < -0.3 is 24.7 Å². The summed E-state index contributed by atoms with van der Waals surface area (Å²) >= 11 is 0. The maximum Gasteiger partial charge on any atom is 0.406 e. The summed E-state index contributed by atoms with van der Waals surface area (Å²) in [7, 11) is -4.01. The van der Waals surface area contributed by atoms with Gasteiger partial charge in [0.2, 0.25) is 10.0 Å². The van der Waals surface area contributed by atoms with Crippen molar-refractivity contribution in [2.45, 2.75) is 68.2 Å². The average molecular weight is 685 g/mol. The molecule has 2 saturated heterocycles. The van der Waals surface area contributed by atoms with E-state index in [9.17, 15) is 21.6 Å². The quantitative estimate of drug-likeness (QED) is 0.267. The molecule has 0 amide bonds. The number of rotatable bonds is 9. The van der Waals surface area contributed by atoms with Crippen LogP contribution in [0, 0.1) is 28.6 Å². The highest BCUT2D eigenvalue weighted by Crippen LogP contribution is 2.43. The number of hydrogen-bond acceptors (Lipinski definition) is 8. The van der Waals surface area contributed by atoms with Gasteiger partial charge >= 0.3 is 6.18 Å². The number of sulfonamides is 1. The van der Waals surface area contributed by atoms with Crippen LogP contribution in [0.5, 0.6) is 5.75 Å². The molecule has 10 nitrogen and oxygen atoms in total. The van der Waals surface area contributed by atoms with Gasteiger partial charge in [0.25, 0.3) is 0 Å². The van der Waals surface area contributed by atoms with Crippen molar-refractivity contribution < 1.29 is 31.1 Å². The third-order valence-corrected chi connectivity index (χ3v) is 10.6. The molecular formula is C34H39F3N6O4S. The fraction of sp³-hybridized carbons (Fsp3) is 0.500. The standard InChI is InChI=1S/C34H39F3N6O4S/c35-34(36,37)23-43-26(3-2-15-40-30-11-10-27(48(39,44)45)20-32(30)47-18-14-38)19-28-29(4-1-5-31(28)43)41-24-6-8-25(9-7-24)42-21-33(22-42)12-16-46-17-13-33/h1,4-5,10-11,19-20,24-25,40-41H,6-9,12-13,15-18,21-23H2,(H2,39,44,45). The minimum absolute atomic E-state index is 0.00540. The van der Waals surface area contributed by atoms with Crippen LogP contribution in [-0.2, 0) is 21.3 Å². The Morgan fingerprint density at radius 1 is 1.06 bits per heavy atom. The maximum absolute atomic E-state index is 13.7. The molecule has 48 heavy (non-hydrogen) atoms. The monoisotopic (exact) mass is 684 g/mol. The predicted octanol–water partition coefficient (Wildman–Crippen LogP) is 5.05. The third kappa shape index (κ3) is 7.84. The zero-order valence-corrected chi connectivity index (χ0v) is 27.3. The second kappa shape index (κ2) is 13.9. The Morgan fingerprint density at radius 3 is 2.50 bits per heavy atom. The minimum atomic E-state index is -4.46. The van der Waals surface area contributed by atoms with E-state index in [2.05, 4.69) is 27.4 Å². The van der Waals surface area contributed by atoms with E-state index >= 15 is 0 Å². The van der Waals surface area contributed by atoms with E-state index in [1.165, 1.54) is 22.8 Å². The molecule has 3 aliphatic rings. The van der Waals surface area contributed by atoms with Crippen molar-refractivity contribution in [3.8, 4) is 23.7 Å². The third-order valence-electron chi connectivity index (χ3n) is 9.64. The lowest BCUT2D eigenvalue weighted by molar-refractivity contribution is -0.140. The van der Waals surface area contributed by atoms with Crippen molar-refractivity contribution >= 4 is 32.3 Å². The first-order valence-corrected chi connectivity index (χ1v) is 17.6. The highest BCUT2D eigenvalue weighted by atomic mass is 32.2. The van der Waals surface area contributed by atoms with Crippen molar-refractivity contribution in [1.82, 2.24) is 9.47 Å². The maximum atomic E-state index is 13.7. The summed E-state index contributed by atoms with van der Waals surface area (Å²) in [5.74, 6) is 5.83. The largest absolute Gasteiger partial charge is 0.477 e. The summed E-state index contributed by atoms with van der Waals surface area (Å²) in [6.07, 6.45) is 2.01. The van der Waals surface area contributed by atoms with Crippen molar-refractivity contribution in [2.24, 2.45) is 10.6 Å². The molecule has 2 aromatic carbocycles. The van der Waals surface area contributed by atoms with Crippen LogP contribution in [0.1, 0.15) is 44.2 Å². The van der Waals surface area contributed by atoms with Crippen molar-refractivity contribution in [3.05, 3.63) is 48.2 Å². The van der Waals surface area contributed by atoms with E-state index in [0.29, 0.717) is 28.0 Å². The molecule has 3 aromatic rings. The summed E-state index contributed by atoms with van der Waals surface area (Å²) in [4.78, 5) is 2.43. The van der Waals surface area contributed by atoms with E-state index in [-0.39, 0.29) is 35.5 Å². The second-order valence-corrected chi connectivity index (χ2v) is 14.5. The van der Waals surface area contributed by atoms with Crippen LogP contribution in [0.3, 0.4) is 0 Å². The highest BCUT2D eigenvalue weighted by molar-refractivity contribution is 7.89. The number of hydrogen-bond donors (Lipinski definition) is 3. The molecule has 3 heterocycles. The Balaban J connectivity index is 1.15. The molecule has 0 bridgehead atoms. The first-order valence-electron chi connectivity index (χ1n) is 16.1. The van der Waals surface area contributed by atoms with Gasteiger partial charge in [-0.15, -0.1) is 0 Å². The Labute approximate surface area is 278 Å². The summed E-state index contributed by atoms with van der Waals surface area (Å²) in [5, 5.41) is 21.4. The molecule has 6 rings (SSSR count). The number of ether oxygens (including phenoxy) is 2. The number of fused-ring (bicyclic) bond motifs is 1. The van der Waals surface area contributed by atoms with Crippen molar-refractivity contribution in [1.29, 1.82) is 5.26 Å². The zero-order valence-electron chi connectivity index (χ0n) is 26.5. The van der Waals surface area contributed by atoms with E-state index < -0.39 is 22.7 Å². The minimum Gasteiger partial charge on any atom is -0.477 e. The molecule has 1 spiro atoms. The molecule has 0 radical (unpaired) electrons. The fourth-order valence-corrected chi connectivity index (χ4v) is 7.72. The normalized spacial score (nSPS) is 21.1. The Morgan fingerprint density at radius 2 is 1.81 bits per heavy atom. The van der Waals surface area contributed by atoms with Crippen LogP contribution in [0.2, 0.25) is 0 Å². The number of halogens is 3. The topological polar surface area (TPSA) is 135 Å². The smallest absolute Gasteiger partial charge is 0.406 e. The number of primary sulfonamides is 1. The predicted molar refractivity (Wildman–Crippen MR) is 176 cm³/mol. The Kier molecular flexibility index (Phi) is 9.81. The van der Waals surface area contributed by atoms with Gasteiger partial charge in [0.15, 0.2) is 6.61 Å². The summed E-state index contributed by atoms with van der Waals surface area (Å²) in [6.45, 7) is 2.53. The lowest BCUT2D eigenvalue weighted by Crippen LogP contribution is -2.62. The number of likely N-dealkylation sites (tertiary alicyclic amines) is 1. The van der Waals surface area contributed by atoms with Gasteiger partial charge in [-0.1, -0.05) is 12.0 Å². The lowest BCUT2D eigenvalue weighted by atomic mass is 9.71. The van der Waals surface area contributed by atoms with E-state index in [1.807, 2.05) is 12.1 Å². The molecule has 1 aromatic heterocycles. The number of anilines is 2. The van der Waals surface area contributed by atoms with Crippen LogP contribution >= 0.6 is 0 Å². The molecule has 256 valence electrons. The SMILES string of the molecule is N#CCOc1cc(S(N)(=O)=O)ccc1NCC#Cc1cc2c(NC3CCC(N4CC5(CCOCC5)C4)CC3)cccc2n1CC(F)(F)F. The molecule has 0 atom stereocenters. The molecule has 0 unspecified atom stereocenters.